The first kappa shape index (κ1) is 26.0. The summed E-state index contributed by atoms with van der Waals surface area (Å²) in [6, 6.07) is 23.5. The van der Waals surface area contributed by atoms with Crippen LogP contribution in [0.3, 0.4) is 0 Å². The van der Waals surface area contributed by atoms with Gasteiger partial charge in [0, 0.05) is 24.3 Å². The molecule has 0 bridgehead atoms. The van der Waals surface area contributed by atoms with Crippen molar-refractivity contribution in [3.8, 4) is 5.75 Å². The minimum absolute atomic E-state index is 0.0103. The summed E-state index contributed by atoms with van der Waals surface area (Å²) in [5.41, 5.74) is 4.50. The number of nitrogens with zero attached hydrogens (tertiary/aromatic N) is 2. The molecule has 0 unspecified atom stereocenters. The molecule has 3 aromatic carbocycles. The van der Waals surface area contributed by atoms with E-state index in [1.54, 1.807) is 12.0 Å². The van der Waals surface area contributed by atoms with Crippen LogP contribution >= 0.6 is 0 Å². The van der Waals surface area contributed by atoms with Crippen molar-refractivity contribution in [2.75, 3.05) is 19.1 Å². The van der Waals surface area contributed by atoms with Crippen LogP contribution in [0.2, 0.25) is 0 Å². The van der Waals surface area contributed by atoms with Gasteiger partial charge < -0.3 is 14.5 Å². The predicted octanol–water partition coefficient (Wildman–Crippen LogP) is 7.10. The number of amides is 2. The van der Waals surface area contributed by atoms with Gasteiger partial charge in [-0.3, -0.25) is 9.59 Å². The zero-order valence-electron chi connectivity index (χ0n) is 22.9. The summed E-state index contributed by atoms with van der Waals surface area (Å²) in [6.07, 6.45) is 5.33. The Kier molecular flexibility index (Phi) is 7.55. The second-order valence-electron chi connectivity index (χ2n) is 10.9. The number of likely N-dealkylation sites (N-methyl/N-ethyl adjacent to an activating group) is 1. The lowest BCUT2D eigenvalue weighted by Crippen LogP contribution is -2.52. The summed E-state index contributed by atoms with van der Waals surface area (Å²) in [7, 11) is 3.50. The zero-order valence-corrected chi connectivity index (χ0v) is 22.9. The summed E-state index contributed by atoms with van der Waals surface area (Å²) in [5.74, 6) is 0.676. The van der Waals surface area contributed by atoms with Gasteiger partial charge in [-0.2, -0.15) is 0 Å². The van der Waals surface area contributed by atoms with E-state index in [4.69, 9.17) is 4.74 Å². The predicted molar refractivity (Wildman–Crippen MR) is 152 cm³/mol. The van der Waals surface area contributed by atoms with Crippen LogP contribution in [0.4, 0.5) is 5.69 Å². The van der Waals surface area contributed by atoms with E-state index in [1.165, 1.54) is 12.0 Å². The minimum Gasteiger partial charge on any atom is -0.497 e. The van der Waals surface area contributed by atoms with Crippen molar-refractivity contribution in [2.45, 2.75) is 69.9 Å². The SMILES string of the molecule is COc1ccc([C@H]2[C@@H](C(=O)N(C)c3ccc(C(C)C)cc3)c3ccccc3C(=O)N2C2CCCCC2)cc1. The van der Waals surface area contributed by atoms with Crippen LogP contribution in [0.5, 0.6) is 5.75 Å². The van der Waals surface area contributed by atoms with E-state index in [-0.39, 0.29) is 17.9 Å². The van der Waals surface area contributed by atoms with Crippen molar-refractivity contribution < 1.29 is 14.3 Å². The van der Waals surface area contributed by atoms with E-state index in [2.05, 4.69) is 26.0 Å². The van der Waals surface area contributed by atoms with Crippen molar-refractivity contribution in [1.82, 2.24) is 4.90 Å². The van der Waals surface area contributed by atoms with Crippen molar-refractivity contribution in [3.05, 3.63) is 95.1 Å². The molecule has 3 aromatic rings. The summed E-state index contributed by atoms with van der Waals surface area (Å²) in [5, 5.41) is 0. The van der Waals surface area contributed by atoms with Gasteiger partial charge in [-0.1, -0.05) is 75.6 Å². The van der Waals surface area contributed by atoms with Crippen LogP contribution in [0.1, 0.15) is 90.9 Å². The molecule has 0 aromatic heterocycles. The maximum absolute atomic E-state index is 14.5. The van der Waals surface area contributed by atoms with Crippen molar-refractivity contribution in [2.24, 2.45) is 0 Å². The first-order valence-electron chi connectivity index (χ1n) is 13.8. The number of carbonyl (C=O) groups is 2. The molecule has 2 atom stereocenters. The summed E-state index contributed by atoms with van der Waals surface area (Å²) < 4.78 is 5.42. The second kappa shape index (κ2) is 11.0. The average Bonchev–Trinajstić information content (AvgIpc) is 2.97. The molecular formula is C33H38N2O3. The Labute approximate surface area is 226 Å². The first-order valence-corrected chi connectivity index (χ1v) is 13.8. The van der Waals surface area contributed by atoms with Gasteiger partial charge in [-0.05, 0) is 65.8 Å². The van der Waals surface area contributed by atoms with Gasteiger partial charge in [-0.15, -0.1) is 0 Å². The van der Waals surface area contributed by atoms with Gasteiger partial charge in [0.1, 0.15) is 5.75 Å². The lowest BCUT2D eigenvalue weighted by Gasteiger charge is -2.47. The monoisotopic (exact) mass is 510 g/mol. The normalized spacial score (nSPS) is 19.8. The Balaban J connectivity index is 1.63. The number of fused-ring (bicyclic) bond motifs is 1. The Bertz CT molecular complexity index is 1280. The molecule has 1 aliphatic heterocycles. The molecule has 198 valence electrons. The van der Waals surface area contributed by atoms with E-state index < -0.39 is 12.0 Å². The van der Waals surface area contributed by atoms with Crippen LogP contribution in [0, 0.1) is 0 Å². The highest BCUT2D eigenvalue weighted by Gasteiger charge is 2.47. The van der Waals surface area contributed by atoms with Crippen LogP contribution in [-0.2, 0) is 4.79 Å². The maximum Gasteiger partial charge on any atom is 0.254 e. The Morgan fingerprint density at radius 3 is 2.21 bits per heavy atom. The quantitative estimate of drug-likeness (QED) is 0.356. The van der Waals surface area contributed by atoms with Crippen molar-refractivity contribution >= 4 is 17.5 Å². The van der Waals surface area contributed by atoms with Crippen molar-refractivity contribution in [1.29, 1.82) is 0 Å². The van der Waals surface area contributed by atoms with E-state index >= 15 is 0 Å². The highest BCUT2D eigenvalue weighted by molar-refractivity contribution is 6.05. The van der Waals surface area contributed by atoms with Crippen LogP contribution in [-0.4, -0.2) is 36.9 Å². The fourth-order valence-corrected chi connectivity index (χ4v) is 6.15. The average molecular weight is 511 g/mol. The molecule has 1 saturated carbocycles. The van der Waals surface area contributed by atoms with Crippen LogP contribution in [0.15, 0.2) is 72.8 Å². The lowest BCUT2D eigenvalue weighted by atomic mass is 9.77. The molecule has 5 nitrogen and oxygen atoms in total. The number of methoxy groups -OCH3 is 1. The van der Waals surface area contributed by atoms with E-state index in [1.807, 2.05) is 72.6 Å². The van der Waals surface area contributed by atoms with Gasteiger partial charge in [0.2, 0.25) is 5.91 Å². The highest BCUT2D eigenvalue weighted by atomic mass is 16.5. The van der Waals surface area contributed by atoms with Gasteiger partial charge in [0.25, 0.3) is 5.91 Å². The lowest BCUT2D eigenvalue weighted by molar-refractivity contribution is -0.121. The molecule has 5 heteroatoms. The fourth-order valence-electron chi connectivity index (χ4n) is 6.15. The largest absolute Gasteiger partial charge is 0.497 e. The third kappa shape index (κ3) is 4.82. The first-order chi connectivity index (χ1) is 18.4. The molecule has 2 aliphatic rings. The Morgan fingerprint density at radius 1 is 0.921 bits per heavy atom. The summed E-state index contributed by atoms with van der Waals surface area (Å²) in [4.78, 5) is 32.4. The number of ether oxygens (including phenoxy) is 1. The van der Waals surface area contributed by atoms with Gasteiger partial charge in [0.15, 0.2) is 0 Å². The topological polar surface area (TPSA) is 49.9 Å². The Morgan fingerprint density at radius 2 is 1.58 bits per heavy atom. The molecule has 5 rings (SSSR count). The number of carbonyl (C=O) groups excluding carboxylic acids is 2. The minimum atomic E-state index is -0.519. The molecule has 0 saturated heterocycles. The zero-order chi connectivity index (χ0) is 26.8. The number of anilines is 1. The summed E-state index contributed by atoms with van der Waals surface area (Å²) >= 11 is 0. The highest BCUT2D eigenvalue weighted by Crippen LogP contribution is 2.47. The number of hydrogen-bond acceptors (Lipinski definition) is 3. The standard InChI is InChI=1S/C33H38N2O3/c1-22(2)23-14-18-25(19-15-23)34(3)33(37)30-28-12-8-9-13-29(28)32(36)35(26-10-6-5-7-11-26)31(30)24-16-20-27(38-4)21-17-24/h8-9,12-22,26,30-31H,5-7,10-11H2,1-4H3/t30-,31-/m0/s1. The maximum atomic E-state index is 14.5. The van der Waals surface area contributed by atoms with E-state index in [9.17, 15) is 9.59 Å². The molecule has 38 heavy (non-hydrogen) atoms. The fraction of sp³-hybridized carbons (Fsp3) is 0.394. The van der Waals surface area contributed by atoms with Gasteiger partial charge >= 0.3 is 0 Å². The molecule has 2 amide bonds. The molecule has 0 radical (unpaired) electrons. The molecule has 1 aliphatic carbocycles. The van der Waals surface area contributed by atoms with E-state index in [0.29, 0.717) is 11.5 Å². The number of rotatable bonds is 6. The summed E-state index contributed by atoms with van der Waals surface area (Å²) in [6.45, 7) is 4.33. The van der Waals surface area contributed by atoms with Crippen LogP contribution in [0.25, 0.3) is 0 Å². The van der Waals surface area contributed by atoms with Crippen molar-refractivity contribution in [3.63, 3.8) is 0 Å². The number of hydrogen-bond donors (Lipinski definition) is 0. The third-order valence-electron chi connectivity index (χ3n) is 8.35. The molecule has 1 fully saturated rings. The number of benzene rings is 3. The Hall–Kier alpha value is -3.60. The van der Waals surface area contributed by atoms with E-state index in [0.717, 1.165) is 48.2 Å². The second-order valence-corrected chi connectivity index (χ2v) is 10.9. The molecule has 0 N–H and O–H groups in total. The van der Waals surface area contributed by atoms with Gasteiger partial charge in [0.05, 0.1) is 19.1 Å². The van der Waals surface area contributed by atoms with Gasteiger partial charge in [-0.25, -0.2) is 0 Å². The smallest absolute Gasteiger partial charge is 0.254 e. The molecule has 0 spiro atoms. The third-order valence-corrected chi connectivity index (χ3v) is 8.35. The van der Waals surface area contributed by atoms with Crippen LogP contribution < -0.4 is 9.64 Å². The molecule has 1 heterocycles. The molecular weight excluding hydrogens is 472 g/mol.